The molecule has 6 rings (SSSR count). The lowest BCUT2D eigenvalue weighted by Crippen LogP contribution is -2.42. The number of amides is 2. The molecule has 2 N–H and O–H groups in total. The van der Waals surface area contributed by atoms with Crippen LogP contribution in [0.1, 0.15) is 36.1 Å². The number of aromatic nitrogens is 3. The Balaban J connectivity index is 1.25. The summed E-state index contributed by atoms with van der Waals surface area (Å²) in [5, 5.41) is 30.8. The van der Waals surface area contributed by atoms with Crippen LogP contribution in [0.3, 0.4) is 0 Å². The molecule has 1 aromatic heterocycles. The molecule has 0 radical (unpaired) electrons. The van der Waals surface area contributed by atoms with E-state index in [0.29, 0.717) is 47.0 Å². The summed E-state index contributed by atoms with van der Waals surface area (Å²) in [4.78, 5) is 29.4. The van der Waals surface area contributed by atoms with Crippen molar-refractivity contribution in [3.8, 4) is 0 Å². The van der Waals surface area contributed by atoms with Gasteiger partial charge in [-0.15, -0.1) is 5.10 Å². The summed E-state index contributed by atoms with van der Waals surface area (Å²) >= 11 is 0. The molecule has 4 aromatic carbocycles. The molecule has 2 amide bonds. The number of aryl methyl sites for hydroxylation is 1. The number of aliphatic hydroxyl groups is 2. The van der Waals surface area contributed by atoms with Crippen molar-refractivity contribution in [1.82, 2.24) is 15.0 Å². The van der Waals surface area contributed by atoms with E-state index < -0.39 is 17.4 Å². The number of nitrogens with zero attached hydrogens (tertiary/aromatic N) is 5. The quantitative estimate of drug-likeness (QED) is 0.135. The van der Waals surface area contributed by atoms with Gasteiger partial charge in [-0.25, -0.2) is 0 Å². The number of aliphatic hydroxyl groups excluding tert-OH is 1. The van der Waals surface area contributed by atoms with E-state index in [9.17, 15) is 19.8 Å². The molecule has 0 saturated carbocycles. The number of hydrogen-bond acceptors (Lipinski definition) is 6. The normalized spacial score (nSPS) is 17.2. The third-order valence-corrected chi connectivity index (χ3v) is 8.50. The van der Waals surface area contributed by atoms with E-state index in [0.717, 1.165) is 12.0 Å². The molecule has 0 bridgehead atoms. The number of para-hydroxylation sites is 2. The van der Waals surface area contributed by atoms with Gasteiger partial charge in [0, 0.05) is 41.3 Å². The highest BCUT2D eigenvalue weighted by Gasteiger charge is 2.53. The first-order chi connectivity index (χ1) is 22.5. The van der Waals surface area contributed by atoms with Gasteiger partial charge in [0.05, 0.1) is 23.9 Å². The molecular weight excluding hydrogens is 578 g/mol. The van der Waals surface area contributed by atoms with E-state index >= 15 is 0 Å². The number of rotatable bonds is 12. The molecule has 0 saturated heterocycles. The average Bonchev–Trinajstić information content (AvgIpc) is 3.65. The van der Waals surface area contributed by atoms with Crippen LogP contribution >= 0.6 is 0 Å². The average molecular weight is 614 g/mol. The van der Waals surface area contributed by atoms with Crippen LogP contribution in [0.2, 0.25) is 0 Å². The van der Waals surface area contributed by atoms with Crippen LogP contribution < -0.4 is 9.80 Å². The number of carbonyl (C=O) groups is 2. The summed E-state index contributed by atoms with van der Waals surface area (Å²) in [5.41, 5.74) is 2.61. The number of carbonyl (C=O) groups excluding carboxylic acids is 2. The Morgan fingerprint density at radius 2 is 1.59 bits per heavy atom. The summed E-state index contributed by atoms with van der Waals surface area (Å²) in [6.45, 7) is 2.26. The second-order valence-corrected chi connectivity index (χ2v) is 11.3. The van der Waals surface area contributed by atoms with Crippen LogP contribution in [0.5, 0.6) is 0 Å². The van der Waals surface area contributed by atoms with E-state index in [1.54, 1.807) is 27.8 Å². The van der Waals surface area contributed by atoms with Crippen molar-refractivity contribution in [2.45, 2.75) is 31.4 Å². The molecule has 0 spiro atoms. The third-order valence-electron chi connectivity index (χ3n) is 8.50. The molecule has 9 heteroatoms. The molecule has 46 heavy (non-hydrogen) atoms. The first kappa shape index (κ1) is 30.6. The van der Waals surface area contributed by atoms with Crippen molar-refractivity contribution in [2.75, 3.05) is 16.4 Å². The van der Waals surface area contributed by atoms with Gasteiger partial charge in [-0.1, -0.05) is 91.0 Å². The molecule has 0 fully saturated rings. The molecule has 5 aromatic rings. The van der Waals surface area contributed by atoms with Crippen LogP contribution in [0, 0.1) is 5.92 Å². The van der Waals surface area contributed by atoms with Crippen molar-refractivity contribution in [2.24, 2.45) is 5.92 Å². The van der Waals surface area contributed by atoms with Gasteiger partial charge in [0.15, 0.2) is 5.60 Å². The lowest BCUT2D eigenvalue weighted by Gasteiger charge is -2.28. The topological polar surface area (TPSA) is 112 Å². The molecular formula is C37H35N5O4. The fraction of sp³-hybridized carbons (Fsp3) is 0.189. The summed E-state index contributed by atoms with van der Waals surface area (Å²) in [7, 11) is 0. The van der Waals surface area contributed by atoms with E-state index in [4.69, 9.17) is 0 Å². The Kier molecular flexibility index (Phi) is 8.87. The van der Waals surface area contributed by atoms with Gasteiger partial charge in [-0.05, 0) is 54.4 Å². The largest absolute Gasteiger partial charge is 0.395 e. The molecule has 0 aliphatic carbocycles. The van der Waals surface area contributed by atoms with Gasteiger partial charge in [0.2, 0.25) is 6.41 Å². The molecule has 2 heterocycles. The highest BCUT2D eigenvalue weighted by Crippen LogP contribution is 2.49. The van der Waals surface area contributed by atoms with E-state index in [-0.39, 0.29) is 12.5 Å². The zero-order chi connectivity index (χ0) is 32.1. The maximum Gasteiger partial charge on any atom is 0.268 e. The molecule has 9 nitrogen and oxygen atoms in total. The molecule has 3 atom stereocenters. The zero-order valence-corrected chi connectivity index (χ0v) is 25.4. The highest BCUT2D eigenvalue weighted by atomic mass is 16.3. The Hall–Kier alpha value is -5.38. The predicted octanol–water partition coefficient (Wildman–Crippen LogP) is 5.85. The van der Waals surface area contributed by atoms with Gasteiger partial charge < -0.3 is 10.2 Å². The maximum atomic E-state index is 14.1. The van der Waals surface area contributed by atoms with Crippen LogP contribution in [0.25, 0.3) is 0 Å². The summed E-state index contributed by atoms with van der Waals surface area (Å²) in [6, 6.07) is 33.4. The van der Waals surface area contributed by atoms with Crippen molar-refractivity contribution >= 4 is 35.1 Å². The Morgan fingerprint density at radius 1 is 0.913 bits per heavy atom. The van der Waals surface area contributed by atoms with Gasteiger partial charge in [0.25, 0.3) is 5.91 Å². The lowest BCUT2D eigenvalue weighted by molar-refractivity contribution is -0.138. The van der Waals surface area contributed by atoms with Gasteiger partial charge in [-0.2, -0.15) is 0 Å². The fourth-order valence-corrected chi connectivity index (χ4v) is 5.99. The molecule has 1 unspecified atom stereocenters. The van der Waals surface area contributed by atoms with E-state index in [1.807, 2.05) is 116 Å². The summed E-state index contributed by atoms with van der Waals surface area (Å²) < 4.78 is 1.72. The first-order valence-corrected chi connectivity index (χ1v) is 15.2. The summed E-state index contributed by atoms with van der Waals surface area (Å²) in [5.74, 6) is -1.33. The zero-order valence-electron chi connectivity index (χ0n) is 25.4. The van der Waals surface area contributed by atoms with Crippen molar-refractivity contribution < 1.29 is 19.8 Å². The van der Waals surface area contributed by atoms with Gasteiger partial charge in [0.1, 0.15) is 0 Å². The number of benzene rings is 4. The van der Waals surface area contributed by atoms with Crippen molar-refractivity contribution in [3.05, 3.63) is 144 Å². The van der Waals surface area contributed by atoms with Gasteiger partial charge >= 0.3 is 0 Å². The lowest BCUT2D eigenvalue weighted by atomic mass is 9.82. The monoisotopic (exact) mass is 613 g/mol. The minimum absolute atomic E-state index is 0.0775. The minimum Gasteiger partial charge on any atom is -0.395 e. The Bertz CT molecular complexity index is 1830. The molecule has 1 aliphatic rings. The minimum atomic E-state index is -1.88. The van der Waals surface area contributed by atoms with Crippen molar-refractivity contribution in [3.63, 3.8) is 0 Å². The second kappa shape index (κ2) is 13.3. The van der Waals surface area contributed by atoms with E-state index in [2.05, 4.69) is 10.3 Å². The number of hydrogen-bond donors (Lipinski definition) is 2. The second-order valence-electron chi connectivity index (χ2n) is 11.3. The fourth-order valence-electron chi connectivity index (χ4n) is 5.99. The van der Waals surface area contributed by atoms with Gasteiger partial charge in [-0.3, -0.25) is 24.1 Å². The Labute approximate surface area is 267 Å². The Morgan fingerprint density at radius 3 is 2.26 bits per heavy atom. The molecule has 232 valence electrons. The first-order valence-electron chi connectivity index (χ1n) is 15.2. The standard InChI is InChI=1S/C37H35N5O4/c1-27(13-11-12-22-40-24-34(38-39-40)32(25-43)28-14-5-2-6-15-28)37(46)33-23-31(41(26-44)29-16-7-3-8-17-29)20-21-35(33)42(36(37)45)30-18-9-4-10-19-30/h2-11,13-21,23-24,26-27,32,43,46H,12,22,25H2,1H3/b13-11+/t27-,32?,37+/m1/s1. The SMILES string of the molecule is C[C@H](/C=C/CCn1cc(C(CO)c2ccccc2)nn1)[C@@]1(O)C(=O)N(c2ccccc2)c2ccc(N(C=O)c3ccccc3)cc21. The smallest absolute Gasteiger partial charge is 0.268 e. The number of allylic oxidation sites excluding steroid dienone is 1. The van der Waals surface area contributed by atoms with Crippen LogP contribution in [0.4, 0.5) is 22.7 Å². The maximum absolute atomic E-state index is 14.1. The van der Waals surface area contributed by atoms with Crippen LogP contribution in [-0.2, 0) is 21.7 Å². The third kappa shape index (κ3) is 5.74. The number of anilines is 4. The number of fused-ring (bicyclic) bond motifs is 1. The summed E-state index contributed by atoms with van der Waals surface area (Å²) in [6.07, 6.45) is 6.91. The predicted molar refractivity (Wildman–Crippen MR) is 177 cm³/mol. The molecule has 1 aliphatic heterocycles. The van der Waals surface area contributed by atoms with E-state index in [1.165, 1.54) is 4.90 Å². The highest BCUT2D eigenvalue weighted by molar-refractivity contribution is 6.12. The van der Waals surface area contributed by atoms with Crippen LogP contribution in [-0.4, -0.2) is 44.1 Å². The van der Waals surface area contributed by atoms with Crippen molar-refractivity contribution in [1.29, 1.82) is 0 Å². The van der Waals surface area contributed by atoms with Crippen LogP contribution in [0.15, 0.2) is 128 Å².